The fraction of sp³-hybridized carbons (Fsp3) is 0.412. The van der Waals surface area contributed by atoms with Crippen LogP contribution in [0.4, 0.5) is 0 Å². The molecule has 22 heavy (non-hydrogen) atoms. The van der Waals surface area contributed by atoms with Crippen LogP contribution in [0.15, 0.2) is 36.4 Å². The van der Waals surface area contributed by atoms with Crippen LogP contribution in [0.3, 0.4) is 0 Å². The molecule has 2 atom stereocenters. The number of hydrogen-bond acceptors (Lipinski definition) is 4. The summed E-state index contributed by atoms with van der Waals surface area (Å²) in [6.07, 6.45) is 3.87. The van der Waals surface area contributed by atoms with Gasteiger partial charge in [-0.05, 0) is 32.8 Å². The molecule has 0 heterocycles. The lowest BCUT2D eigenvalue weighted by Crippen LogP contribution is -2.43. The molecule has 0 bridgehead atoms. The van der Waals surface area contributed by atoms with Gasteiger partial charge in [-0.1, -0.05) is 42.5 Å². The molecule has 0 saturated carbocycles. The zero-order valence-corrected chi connectivity index (χ0v) is 13.2. The minimum atomic E-state index is -1.38. The van der Waals surface area contributed by atoms with E-state index < -0.39 is 29.5 Å². The third kappa shape index (κ3) is 6.10. The van der Waals surface area contributed by atoms with Crippen LogP contribution < -0.4 is 5.73 Å². The minimum Gasteiger partial charge on any atom is -0.481 e. The van der Waals surface area contributed by atoms with Crippen LogP contribution in [0.25, 0.3) is 6.08 Å². The van der Waals surface area contributed by atoms with Crippen molar-refractivity contribution in [3.8, 4) is 0 Å². The van der Waals surface area contributed by atoms with Crippen molar-refractivity contribution in [1.82, 2.24) is 0 Å². The van der Waals surface area contributed by atoms with Crippen LogP contribution in [0.5, 0.6) is 0 Å². The summed E-state index contributed by atoms with van der Waals surface area (Å²) in [6, 6.07) is 8.72. The number of carboxylic acids is 1. The molecule has 0 unspecified atom stereocenters. The average molecular weight is 305 g/mol. The van der Waals surface area contributed by atoms with Gasteiger partial charge >= 0.3 is 11.9 Å². The van der Waals surface area contributed by atoms with Crippen molar-refractivity contribution in [2.45, 2.75) is 38.8 Å². The van der Waals surface area contributed by atoms with Crippen LogP contribution in [-0.4, -0.2) is 28.7 Å². The van der Waals surface area contributed by atoms with Gasteiger partial charge in [-0.2, -0.15) is 0 Å². The standard InChI is InChI=1S/C17H23NO4/c1-17(2,3)22-16(21)14(15(19)20)13(18)11-7-10-12-8-5-4-6-9-12/h4-10,13-14H,11,18H2,1-3H3,(H,19,20)/b10-7+/t13-,14+/m1/s1. The highest BCUT2D eigenvalue weighted by atomic mass is 16.6. The lowest BCUT2D eigenvalue weighted by molar-refractivity contribution is -0.167. The first-order valence-electron chi connectivity index (χ1n) is 7.13. The SMILES string of the molecule is CC(C)(C)OC(=O)[C@H](C(=O)O)[C@H](N)C/C=C/c1ccccc1. The maximum absolute atomic E-state index is 12.0. The van der Waals surface area contributed by atoms with Gasteiger partial charge in [0.1, 0.15) is 5.60 Å². The predicted molar refractivity (Wildman–Crippen MR) is 85.0 cm³/mol. The minimum absolute atomic E-state index is 0.269. The van der Waals surface area contributed by atoms with Crippen molar-refractivity contribution in [2.24, 2.45) is 11.7 Å². The second-order valence-electron chi connectivity index (χ2n) is 6.06. The molecule has 0 aliphatic carbocycles. The molecule has 0 fully saturated rings. The quantitative estimate of drug-likeness (QED) is 0.622. The molecule has 0 saturated heterocycles. The van der Waals surface area contributed by atoms with Gasteiger partial charge in [-0.3, -0.25) is 9.59 Å². The molecular weight excluding hydrogens is 282 g/mol. The first-order chi connectivity index (χ1) is 10.2. The van der Waals surface area contributed by atoms with Crippen LogP contribution in [0, 0.1) is 5.92 Å². The van der Waals surface area contributed by atoms with Gasteiger partial charge in [0.05, 0.1) is 0 Å². The van der Waals surface area contributed by atoms with Crippen LogP contribution in [0.2, 0.25) is 0 Å². The van der Waals surface area contributed by atoms with E-state index in [1.807, 2.05) is 36.4 Å². The molecule has 0 amide bonds. The second-order valence-corrected chi connectivity index (χ2v) is 6.06. The largest absolute Gasteiger partial charge is 0.481 e. The molecule has 120 valence electrons. The molecule has 1 aromatic rings. The molecule has 1 rings (SSSR count). The third-order valence-electron chi connectivity index (χ3n) is 2.87. The van der Waals surface area contributed by atoms with Gasteiger partial charge in [0.2, 0.25) is 0 Å². The van der Waals surface area contributed by atoms with Gasteiger partial charge in [0, 0.05) is 6.04 Å². The number of nitrogens with two attached hydrogens (primary N) is 1. The van der Waals surface area contributed by atoms with Gasteiger partial charge in [-0.15, -0.1) is 0 Å². The van der Waals surface area contributed by atoms with Gasteiger partial charge in [0.25, 0.3) is 0 Å². The van der Waals surface area contributed by atoms with E-state index in [1.54, 1.807) is 26.8 Å². The van der Waals surface area contributed by atoms with Crippen LogP contribution in [0.1, 0.15) is 32.8 Å². The highest BCUT2D eigenvalue weighted by Gasteiger charge is 2.35. The zero-order chi connectivity index (χ0) is 16.8. The van der Waals surface area contributed by atoms with Crippen LogP contribution in [-0.2, 0) is 14.3 Å². The highest BCUT2D eigenvalue weighted by Crippen LogP contribution is 2.16. The summed E-state index contributed by atoms with van der Waals surface area (Å²) in [4.78, 5) is 23.3. The number of ether oxygens (including phenoxy) is 1. The molecular formula is C17H23NO4. The van der Waals surface area contributed by atoms with Crippen molar-refractivity contribution in [1.29, 1.82) is 0 Å². The average Bonchev–Trinajstić information content (AvgIpc) is 2.37. The van der Waals surface area contributed by atoms with Crippen LogP contribution >= 0.6 is 0 Å². The van der Waals surface area contributed by atoms with E-state index in [9.17, 15) is 14.7 Å². The predicted octanol–water partition coefficient (Wildman–Crippen LogP) is 2.46. The van der Waals surface area contributed by atoms with Gasteiger partial charge in [0.15, 0.2) is 5.92 Å². The Morgan fingerprint density at radius 1 is 1.27 bits per heavy atom. The van der Waals surface area contributed by atoms with Crippen molar-refractivity contribution in [3.05, 3.63) is 42.0 Å². The van der Waals surface area contributed by atoms with E-state index in [0.29, 0.717) is 0 Å². The summed E-state index contributed by atoms with van der Waals surface area (Å²) in [5, 5.41) is 9.22. The molecule has 5 heteroatoms. The number of esters is 1. The summed E-state index contributed by atoms with van der Waals surface area (Å²) < 4.78 is 5.12. The maximum Gasteiger partial charge on any atom is 0.322 e. The van der Waals surface area contributed by atoms with E-state index in [0.717, 1.165) is 5.56 Å². The first-order valence-corrected chi connectivity index (χ1v) is 7.13. The zero-order valence-electron chi connectivity index (χ0n) is 13.2. The topological polar surface area (TPSA) is 89.6 Å². The van der Waals surface area contributed by atoms with Gasteiger partial charge < -0.3 is 15.6 Å². The lowest BCUT2D eigenvalue weighted by Gasteiger charge is -2.24. The number of carbonyl (C=O) groups excluding carboxylic acids is 1. The molecule has 5 nitrogen and oxygen atoms in total. The summed E-state index contributed by atoms with van der Waals surface area (Å²) in [7, 11) is 0. The monoisotopic (exact) mass is 305 g/mol. The Labute approximate surface area is 130 Å². The van der Waals surface area contributed by atoms with Crippen molar-refractivity contribution in [2.75, 3.05) is 0 Å². The third-order valence-corrected chi connectivity index (χ3v) is 2.87. The van der Waals surface area contributed by atoms with E-state index in [4.69, 9.17) is 10.5 Å². The number of carboxylic acid groups (broad SMARTS) is 1. The summed E-state index contributed by atoms with van der Waals surface area (Å²) in [5.41, 5.74) is 6.11. The normalized spacial score (nSPS) is 14.5. The number of aliphatic carboxylic acids is 1. The number of benzene rings is 1. The molecule has 1 aromatic carbocycles. The lowest BCUT2D eigenvalue weighted by atomic mass is 9.97. The van der Waals surface area contributed by atoms with Crippen molar-refractivity contribution < 1.29 is 19.4 Å². The fourth-order valence-electron chi connectivity index (χ4n) is 1.89. The summed E-state index contributed by atoms with van der Waals surface area (Å²) in [6.45, 7) is 5.06. The maximum atomic E-state index is 12.0. The smallest absolute Gasteiger partial charge is 0.322 e. The van der Waals surface area contributed by atoms with Gasteiger partial charge in [-0.25, -0.2) is 0 Å². The number of rotatable bonds is 6. The Morgan fingerprint density at radius 3 is 2.36 bits per heavy atom. The van der Waals surface area contributed by atoms with E-state index in [1.165, 1.54) is 0 Å². The Morgan fingerprint density at radius 2 is 1.86 bits per heavy atom. The Balaban J connectivity index is 2.69. The first kappa shape index (κ1) is 17.9. The summed E-state index contributed by atoms with van der Waals surface area (Å²) in [5.74, 6) is -3.45. The van der Waals surface area contributed by atoms with Crippen molar-refractivity contribution >= 4 is 18.0 Å². The Hall–Kier alpha value is -2.14. The van der Waals surface area contributed by atoms with E-state index >= 15 is 0 Å². The fourth-order valence-corrected chi connectivity index (χ4v) is 1.89. The van der Waals surface area contributed by atoms with E-state index in [-0.39, 0.29) is 6.42 Å². The number of carbonyl (C=O) groups is 2. The number of hydrogen-bond donors (Lipinski definition) is 2. The molecule has 0 aromatic heterocycles. The molecule has 3 N–H and O–H groups in total. The second kappa shape index (κ2) is 7.75. The molecule has 0 aliphatic rings. The Bertz CT molecular complexity index is 531. The van der Waals surface area contributed by atoms with Crippen molar-refractivity contribution in [3.63, 3.8) is 0 Å². The molecule has 0 aliphatic heterocycles. The summed E-state index contributed by atoms with van der Waals surface area (Å²) >= 11 is 0. The highest BCUT2D eigenvalue weighted by molar-refractivity contribution is 5.95. The van der Waals surface area contributed by atoms with E-state index in [2.05, 4.69) is 0 Å². The molecule has 0 spiro atoms. The molecule has 0 radical (unpaired) electrons. The Kier molecular flexibility index (Phi) is 6.31.